The van der Waals surface area contributed by atoms with Gasteiger partial charge in [0.1, 0.15) is 0 Å². The van der Waals surface area contributed by atoms with Crippen molar-refractivity contribution in [2.24, 2.45) is 0 Å². The van der Waals surface area contributed by atoms with Gasteiger partial charge in [-0.05, 0) is 31.0 Å². The molecule has 0 aliphatic rings. The van der Waals surface area contributed by atoms with Gasteiger partial charge < -0.3 is 5.11 Å². The molecule has 0 radical (unpaired) electrons. The quantitative estimate of drug-likeness (QED) is 0.861. The Morgan fingerprint density at radius 3 is 3.00 bits per heavy atom. The fourth-order valence-corrected chi connectivity index (χ4v) is 2.51. The predicted molar refractivity (Wildman–Crippen MR) is 64.2 cm³/mol. The Kier molecular flexibility index (Phi) is 3.03. The van der Waals surface area contributed by atoms with Crippen molar-refractivity contribution in [1.82, 2.24) is 4.98 Å². The highest BCUT2D eigenvalue weighted by atomic mass is 32.1. The average molecular weight is 221 g/mol. The molecule has 0 saturated carbocycles. The van der Waals surface area contributed by atoms with Crippen molar-refractivity contribution in [1.29, 1.82) is 0 Å². The second-order valence-electron chi connectivity index (χ2n) is 3.76. The summed E-state index contributed by atoms with van der Waals surface area (Å²) in [6.07, 6.45) is 1.46. The molecule has 0 aliphatic heterocycles. The lowest BCUT2D eigenvalue weighted by atomic mass is 10.1. The van der Waals surface area contributed by atoms with Crippen LogP contribution in [-0.4, -0.2) is 10.1 Å². The molecule has 1 aromatic heterocycles. The molecule has 2 nitrogen and oxygen atoms in total. The molecule has 0 fully saturated rings. The van der Waals surface area contributed by atoms with Crippen LogP contribution in [0.2, 0.25) is 0 Å². The lowest BCUT2D eigenvalue weighted by Gasteiger charge is -2.08. The van der Waals surface area contributed by atoms with E-state index in [0.717, 1.165) is 28.9 Å². The number of aryl methyl sites for hydroxylation is 1. The number of hydrogen-bond acceptors (Lipinski definition) is 3. The topological polar surface area (TPSA) is 33.1 Å². The van der Waals surface area contributed by atoms with Crippen LogP contribution in [0.4, 0.5) is 0 Å². The number of aromatic nitrogens is 1. The first-order chi connectivity index (χ1) is 7.20. The number of nitrogens with zero attached hydrogens (tertiary/aromatic N) is 1. The molecule has 15 heavy (non-hydrogen) atoms. The van der Waals surface area contributed by atoms with E-state index in [1.165, 1.54) is 4.70 Å². The number of hydrogen-bond donors (Lipinski definition) is 1. The largest absolute Gasteiger partial charge is 0.388 e. The zero-order valence-electron chi connectivity index (χ0n) is 9.03. The Hall–Kier alpha value is -0.930. The van der Waals surface area contributed by atoms with E-state index in [4.69, 9.17) is 0 Å². The maximum Gasteiger partial charge on any atom is 0.0907 e. The zero-order chi connectivity index (χ0) is 10.8. The van der Waals surface area contributed by atoms with E-state index >= 15 is 0 Å². The molecule has 1 N–H and O–H groups in total. The van der Waals surface area contributed by atoms with Gasteiger partial charge in [0.05, 0.1) is 21.3 Å². The molecule has 1 heterocycles. The average Bonchev–Trinajstić information content (AvgIpc) is 2.57. The van der Waals surface area contributed by atoms with Gasteiger partial charge in [0.15, 0.2) is 0 Å². The first kappa shape index (κ1) is 10.6. The summed E-state index contributed by atoms with van der Waals surface area (Å²) in [5.74, 6) is 0. The summed E-state index contributed by atoms with van der Waals surface area (Å²) in [4.78, 5) is 4.42. The van der Waals surface area contributed by atoms with E-state index in [2.05, 4.69) is 11.9 Å². The summed E-state index contributed by atoms with van der Waals surface area (Å²) >= 11 is 1.69. The normalized spacial score (nSPS) is 13.3. The van der Waals surface area contributed by atoms with Gasteiger partial charge in [-0.15, -0.1) is 11.3 Å². The Bertz CT molecular complexity index is 464. The van der Waals surface area contributed by atoms with E-state index in [0.29, 0.717) is 0 Å². The van der Waals surface area contributed by atoms with Gasteiger partial charge in [0.2, 0.25) is 0 Å². The van der Waals surface area contributed by atoms with Gasteiger partial charge >= 0.3 is 0 Å². The SMILES string of the molecule is CCC[C@@H](O)c1ccc2sc(C)nc2c1. The number of thiazole rings is 1. The molecule has 0 aliphatic carbocycles. The highest BCUT2D eigenvalue weighted by Crippen LogP contribution is 2.26. The maximum absolute atomic E-state index is 9.86. The van der Waals surface area contributed by atoms with Crippen LogP contribution in [0, 0.1) is 6.92 Å². The van der Waals surface area contributed by atoms with Crippen molar-refractivity contribution in [2.45, 2.75) is 32.8 Å². The van der Waals surface area contributed by atoms with Gasteiger partial charge in [0.25, 0.3) is 0 Å². The van der Waals surface area contributed by atoms with E-state index in [1.807, 2.05) is 25.1 Å². The summed E-state index contributed by atoms with van der Waals surface area (Å²) in [5.41, 5.74) is 1.99. The molecule has 0 unspecified atom stereocenters. The van der Waals surface area contributed by atoms with Gasteiger partial charge in [0, 0.05) is 0 Å². The molecule has 0 amide bonds. The molecule has 1 aromatic carbocycles. The van der Waals surface area contributed by atoms with Crippen molar-refractivity contribution in [3.05, 3.63) is 28.8 Å². The second kappa shape index (κ2) is 4.29. The van der Waals surface area contributed by atoms with Crippen LogP contribution < -0.4 is 0 Å². The Balaban J connectivity index is 2.37. The molecule has 0 spiro atoms. The van der Waals surface area contributed by atoms with E-state index in [-0.39, 0.29) is 6.10 Å². The maximum atomic E-state index is 9.86. The minimum absolute atomic E-state index is 0.346. The zero-order valence-corrected chi connectivity index (χ0v) is 9.84. The Morgan fingerprint density at radius 2 is 2.27 bits per heavy atom. The van der Waals surface area contributed by atoms with Crippen molar-refractivity contribution >= 4 is 21.6 Å². The number of aliphatic hydroxyl groups is 1. The lowest BCUT2D eigenvalue weighted by molar-refractivity contribution is 0.166. The van der Waals surface area contributed by atoms with Crippen LogP contribution in [0.1, 0.15) is 36.4 Å². The first-order valence-electron chi connectivity index (χ1n) is 5.26. The van der Waals surface area contributed by atoms with Crippen LogP contribution >= 0.6 is 11.3 Å². The van der Waals surface area contributed by atoms with Gasteiger partial charge in [-0.3, -0.25) is 0 Å². The van der Waals surface area contributed by atoms with Crippen LogP contribution in [0.3, 0.4) is 0 Å². The molecular formula is C12H15NOS. The number of rotatable bonds is 3. The van der Waals surface area contributed by atoms with Gasteiger partial charge in [-0.1, -0.05) is 19.4 Å². The third kappa shape index (κ3) is 2.19. The number of fused-ring (bicyclic) bond motifs is 1. The van der Waals surface area contributed by atoms with Crippen LogP contribution in [0.15, 0.2) is 18.2 Å². The third-order valence-corrected chi connectivity index (χ3v) is 3.42. The standard InChI is InChI=1S/C12H15NOS/c1-3-4-11(14)9-5-6-12-10(7-9)13-8(2)15-12/h5-7,11,14H,3-4H2,1-2H3/t11-/m1/s1. The van der Waals surface area contributed by atoms with E-state index < -0.39 is 0 Å². The molecule has 80 valence electrons. The van der Waals surface area contributed by atoms with Crippen molar-refractivity contribution in [3.63, 3.8) is 0 Å². The molecule has 3 heteroatoms. The van der Waals surface area contributed by atoms with Gasteiger partial charge in [-0.25, -0.2) is 4.98 Å². The summed E-state index contributed by atoms with van der Waals surface area (Å²) in [7, 11) is 0. The second-order valence-corrected chi connectivity index (χ2v) is 5.00. The lowest BCUT2D eigenvalue weighted by Crippen LogP contribution is -1.95. The minimum atomic E-state index is -0.346. The monoisotopic (exact) mass is 221 g/mol. The summed E-state index contributed by atoms with van der Waals surface area (Å²) in [6, 6.07) is 6.05. The predicted octanol–water partition coefficient (Wildman–Crippen LogP) is 3.44. The number of benzene rings is 1. The highest BCUT2D eigenvalue weighted by Gasteiger charge is 2.08. The summed E-state index contributed by atoms with van der Waals surface area (Å²) in [5, 5.41) is 10.9. The summed E-state index contributed by atoms with van der Waals surface area (Å²) in [6.45, 7) is 4.08. The number of aliphatic hydroxyl groups excluding tert-OH is 1. The fraction of sp³-hybridized carbons (Fsp3) is 0.417. The van der Waals surface area contributed by atoms with Crippen molar-refractivity contribution in [2.75, 3.05) is 0 Å². The summed E-state index contributed by atoms with van der Waals surface area (Å²) < 4.78 is 1.19. The molecular weight excluding hydrogens is 206 g/mol. The molecule has 0 saturated heterocycles. The molecule has 0 bridgehead atoms. The minimum Gasteiger partial charge on any atom is -0.388 e. The van der Waals surface area contributed by atoms with Crippen LogP contribution in [-0.2, 0) is 0 Å². The van der Waals surface area contributed by atoms with Crippen LogP contribution in [0.25, 0.3) is 10.2 Å². The van der Waals surface area contributed by atoms with Crippen molar-refractivity contribution in [3.8, 4) is 0 Å². The van der Waals surface area contributed by atoms with E-state index in [1.54, 1.807) is 11.3 Å². The molecule has 2 aromatic rings. The third-order valence-electron chi connectivity index (χ3n) is 2.47. The smallest absolute Gasteiger partial charge is 0.0907 e. The fourth-order valence-electron chi connectivity index (χ4n) is 1.71. The van der Waals surface area contributed by atoms with Crippen LogP contribution in [0.5, 0.6) is 0 Å². The highest BCUT2D eigenvalue weighted by molar-refractivity contribution is 7.18. The Labute approximate surface area is 93.6 Å². The molecule has 2 rings (SSSR count). The first-order valence-corrected chi connectivity index (χ1v) is 6.07. The Morgan fingerprint density at radius 1 is 1.47 bits per heavy atom. The van der Waals surface area contributed by atoms with Crippen molar-refractivity contribution < 1.29 is 5.11 Å². The van der Waals surface area contributed by atoms with E-state index in [9.17, 15) is 5.11 Å². The molecule has 1 atom stereocenters. The van der Waals surface area contributed by atoms with Gasteiger partial charge in [-0.2, -0.15) is 0 Å².